The van der Waals surface area contributed by atoms with Gasteiger partial charge in [0.1, 0.15) is 6.61 Å². The van der Waals surface area contributed by atoms with Gasteiger partial charge in [-0.05, 0) is 6.92 Å². The Morgan fingerprint density at radius 3 is 2.00 bits per heavy atom. The highest BCUT2D eigenvalue weighted by Gasteiger charge is 2.58. The van der Waals surface area contributed by atoms with Gasteiger partial charge in [0.05, 0.1) is 6.61 Å². The van der Waals surface area contributed by atoms with Gasteiger partial charge in [0.2, 0.25) is 0 Å². The van der Waals surface area contributed by atoms with Gasteiger partial charge in [-0.1, -0.05) is 0 Å². The maximum atomic E-state index is 12.1. The molecule has 1 unspecified atom stereocenters. The fraction of sp³-hybridized carbons (Fsp3) is 1.00. The molecule has 86 valence electrons. The van der Waals surface area contributed by atoms with Crippen LogP contribution in [0.15, 0.2) is 0 Å². The molecule has 0 aliphatic heterocycles. The molecule has 3 nitrogen and oxygen atoms in total. The zero-order valence-corrected chi connectivity index (χ0v) is 7.91. The van der Waals surface area contributed by atoms with E-state index in [1.54, 1.807) is 0 Å². The SMILES string of the molecule is CCOP(O)OCC(F)(F)C(F)(F)F. The summed E-state index contributed by atoms with van der Waals surface area (Å²) < 4.78 is 66.9. The number of rotatable bonds is 5. The van der Waals surface area contributed by atoms with E-state index < -0.39 is 27.3 Å². The summed E-state index contributed by atoms with van der Waals surface area (Å²) in [5.41, 5.74) is 0. The molecule has 0 saturated carbocycles. The molecule has 0 aromatic rings. The second-order valence-electron chi connectivity index (χ2n) is 2.13. The lowest BCUT2D eigenvalue weighted by atomic mass is 10.3. The summed E-state index contributed by atoms with van der Waals surface area (Å²) in [5.74, 6) is -4.98. The molecule has 0 rings (SSSR count). The van der Waals surface area contributed by atoms with Crippen LogP contribution < -0.4 is 0 Å². The summed E-state index contributed by atoms with van der Waals surface area (Å²) in [6.45, 7) is -0.560. The molecule has 0 heterocycles. The molecule has 9 heteroatoms. The van der Waals surface area contributed by atoms with Crippen molar-refractivity contribution in [2.75, 3.05) is 13.2 Å². The summed E-state index contributed by atoms with van der Waals surface area (Å²) >= 11 is 0. The van der Waals surface area contributed by atoms with Crippen molar-refractivity contribution in [2.24, 2.45) is 0 Å². The molecule has 0 aromatic heterocycles. The first-order valence-electron chi connectivity index (χ1n) is 3.40. The number of hydrogen-bond acceptors (Lipinski definition) is 3. The molecule has 0 fully saturated rings. The van der Waals surface area contributed by atoms with Crippen LogP contribution >= 0.6 is 8.60 Å². The van der Waals surface area contributed by atoms with Crippen LogP contribution in [0.5, 0.6) is 0 Å². The summed E-state index contributed by atoms with van der Waals surface area (Å²) in [4.78, 5) is 8.60. The van der Waals surface area contributed by atoms with Crippen LogP contribution in [0.2, 0.25) is 0 Å². The molecule has 0 spiro atoms. The van der Waals surface area contributed by atoms with Gasteiger partial charge in [-0.2, -0.15) is 22.0 Å². The van der Waals surface area contributed by atoms with Crippen molar-refractivity contribution in [3.63, 3.8) is 0 Å². The van der Waals surface area contributed by atoms with Crippen LogP contribution in [0, 0.1) is 0 Å². The Balaban J connectivity index is 3.99. The summed E-state index contributed by atoms with van der Waals surface area (Å²) in [6.07, 6.45) is -5.69. The fourth-order valence-electron chi connectivity index (χ4n) is 0.366. The Labute approximate surface area is 77.8 Å². The van der Waals surface area contributed by atoms with Gasteiger partial charge in [-0.3, -0.25) is 0 Å². The molecular formula is C5H8F5O3P. The lowest BCUT2D eigenvalue weighted by Crippen LogP contribution is -2.40. The van der Waals surface area contributed by atoms with E-state index in [-0.39, 0.29) is 6.61 Å². The molecule has 0 aliphatic carbocycles. The molecule has 0 aromatic carbocycles. The topological polar surface area (TPSA) is 38.7 Å². The summed E-state index contributed by atoms with van der Waals surface area (Å²) in [6, 6.07) is 0. The highest BCUT2D eigenvalue weighted by molar-refractivity contribution is 7.40. The first-order chi connectivity index (χ1) is 6.20. The molecule has 0 aliphatic rings. The van der Waals surface area contributed by atoms with Crippen molar-refractivity contribution in [1.29, 1.82) is 0 Å². The Morgan fingerprint density at radius 1 is 1.14 bits per heavy atom. The average molecular weight is 242 g/mol. The summed E-state index contributed by atoms with van der Waals surface area (Å²) in [7, 11) is -2.67. The van der Waals surface area contributed by atoms with Gasteiger partial charge in [0, 0.05) is 0 Å². The number of halogens is 5. The van der Waals surface area contributed by atoms with E-state index in [2.05, 4.69) is 9.05 Å². The largest absolute Gasteiger partial charge is 0.455 e. The Bertz CT molecular complexity index is 173. The van der Waals surface area contributed by atoms with E-state index in [4.69, 9.17) is 4.89 Å². The van der Waals surface area contributed by atoms with Crippen LogP contribution in [0.3, 0.4) is 0 Å². The van der Waals surface area contributed by atoms with Crippen molar-refractivity contribution in [3.05, 3.63) is 0 Å². The van der Waals surface area contributed by atoms with Gasteiger partial charge >= 0.3 is 20.7 Å². The normalized spacial score (nSPS) is 15.6. The van der Waals surface area contributed by atoms with E-state index in [9.17, 15) is 22.0 Å². The minimum Gasteiger partial charge on any atom is -0.328 e. The van der Waals surface area contributed by atoms with Crippen molar-refractivity contribution < 1.29 is 35.9 Å². The Kier molecular flexibility index (Phi) is 5.14. The van der Waals surface area contributed by atoms with Crippen molar-refractivity contribution in [2.45, 2.75) is 19.0 Å². The number of alkyl halides is 5. The lowest BCUT2D eigenvalue weighted by Gasteiger charge is -2.20. The monoisotopic (exact) mass is 242 g/mol. The maximum Gasteiger partial charge on any atom is 0.455 e. The third kappa shape index (κ3) is 4.45. The highest BCUT2D eigenvalue weighted by Crippen LogP contribution is 2.40. The third-order valence-corrected chi connectivity index (χ3v) is 1.84. The van der Waals surface area contributed by atoms with Gasteiger partial charge in [0.25, 0.3) is 0 Å². The van der Waals surface area contributed by atoms with Crippen molar-refractivity contribution in [1.82, 2.24) is 0 Å². The summed E-state index contributed by atoms with van der Waals surface area (Å²) in [5, 5.41) is 0. The fourth-order valence-corrected chi connectivity index (χ4v) is 0.934. The van der Waals surface area contributed by atoms with Crippen LogP contribution in [0.4, 0.5) is 22.0 Å². The highest BCUT2D eigenvalue weighted by atomic mass is 31.2. The van der Waals surface area contributed by atoms with E-state index >= 15 is 0 Å². The molecule has 0 radical (unpaired) electrons. The van der Waals surface area contributed by atoms with Crippen LogP contribution in [-0.4, -0.2) is 30.2 Å². The zero-order chi connectivity index (χ0) is 11.4. The molecule has 1 atom stereocenters. The van der Waals surface area contributed by atoms with E-state index in [1.807, 2.05) is 0 Å². The van der Waals surface area contributed by atoms with Crippen LogP contribution in [0.1, 0.15) is 6.92 Å². The lowest BCUT2D eigenvalue weighted by molar-refractivity contribution is -0.290. The second kappa shape index (κ2) is 5.16. The first-order valence-corrected chi connectivity index (χ1v) is 4.53. The van der Waals surface area contributed by atoms with Crippen LogP contribution in [0.25, 0.3) is 0 Å². The first kappa shape index (κ1) is 14.0. The van der Waals surface area contributed by atoms with Gasteiger partial charge < -0.3 is 13.9 Å². The van der Waals surface area contributed by atoms with E-state index in [0.717, 1.165) is 0 Å². The van der Waals surface area contributed by atoms with Gasteiger partial charge in [-0.15, -0.1) is 0 Å². The number of hydrogen-bond donors (Lipinski definition) is 1. The quantitative estimate of drug-likeness (QED) is 0.594. The molecule has 1 N–H and O–H groups in total. The van der Waals surface area contributed by atoms with Gasteiger partial charge in [-0.25, -0.2) is 0 Å². The smallest absolute Gasteiger partial charge is 0.328 e. The predicted molar refractivity (Wildman–Crippen MR) is 37.7 cm³/mol. The Morgan fingerprint density at radius 2 is 1.64 bits per heavy atom. The molecule has 0 saturated heterocycles. The van der Waals surface area contributed by atoms with Crippen LogP contribution in [-0.2, 0) is 9.05 Å². The second-order valence-corrected chi connectivity index (χ2v) is 3.12. The standard InChI is InChI=1S/C5H8F5O3P/c1-2-12-14(11)13-3-4(6,7)5(8,9)10/h11H,2-3H2,1H3. The maximum absolute atomic E-state index is 12.1. The van der Waals surface area contributed by atoms with E-state index in [0.29, 0.717) is 0 Å². The zero-order valence-electron chi connectivity index (χ0n) is 7.01. The molecular weight excluding hydrogens is 234 g/mol. The average Bonchev–Trinajstić information content (AvgIpc) is 1.99. The molecule has 14 heavy (non-hydrogen) atoms. The van der Waals surface area contributed by atoms with Gasteiger partial charge in [0.15, 0.2) is 0 Å². The molecule has 0 amide bonds. The third-order valence-electron chi connectivity index (χ3n) is 1.01. The Hall–Kier alpha value is -0.0400. The van der Waals surface area contributed by atoms with E-state index in [1.165, 1.54) is 6.92 Å². The van der Waals surface area contributed by atoms with Crippen molar-refractivity contribution >= 4 is 8.60 Å². The minimum absolute atomic E-state index is 0.0419. The molecule has 0 bridgehead atoms. The van der Waals surface area contributed by atoms with Crippen molar-refractivity contribution in [3.8, 4) is 0 Å². The minimum atomic E-state index is -5.69. The predicted octanol–water partition coefficient (Wildman–Crippen LogP) is 2.46.